The first kappa shape index (κ1) is 12.7. The largest absolute Gasteiger partial charge is 0.143 e. The highest BCUT2D eigenvalue weighted by Gasteiger charge is 2.20. The van der Waals surface area contributed by atoms with Crippen LogP contribution in [0.3, 0.4) is 0 Å². The number of halogens is 1. The molecule has 3 heteroatoms. The second-order valence-electron chi connectivity index (χ2n) is 4.82. The molecule has 0 aromatic carbocycles. The molecule has 2 aromatic rings. The van der Waals surface area contributed by atoms with Crippen LogP contribution in [0.15, 0.2) is 18.2 Å². The quantitative estimate of drug-likeness (QED) is 0.649. The predicted octanol–water partition coefficient (Wildman–Crippen LogP) is 5.58. The van der Waals surface area contributed by atoms with Crippen molar-refractivity contribution in [1.82, 2.24) is 0 Å². The molecule has 0 spiro atoms. The lowest BCUT2D eigenvalue weighted by atomic mass is 9.99. The summed E-state index contributed by atoms with van der Waals surface area (Å²) >= 11 is 10.4. The molecule has 0 nitrogen and oxygen atoms in total. The molecule has 1 unspecified atom stereocenters. The molecule has 2 heterocycles. The minimum absolute atomic E-state index is 0.0610. The summed E-state index contributed by atoms with van der Waals surface area (Å²) in [5.74, 6) is 0. The molecule has 0 saturated heterocycles. The van der Waals surface area contributed by atoms with Gasteiger partial charge in [-0.15, -0.1) is 34.3 Å². The lowest BCUT2D eigenvalue weighted by Gasteiger charge is -2.08. The monoisotopic (exact) mass is 296 g/mol. The van der Waals surface area contributed by atoms with Crippen LogP contribution in [0.25, 0.3) is 0 Å². The third kappa shape index (κ3) is 2.38. The Kier molecular flexibility index (Phi) is 3.78. The summed E-state index contributed by atoms with van der Waals surface area (Å²) in [5, 5.41) is 0.0610. The molecular weight excluding hydrogens is 280 g/mol. The van der Waals surface area contributed by atoms with Crippen LogP contribution < -0.4 is 0 Å². The number of fused-ring (bicyclic) bond motifs is 1. The van der Waals surface area contributed by atoms with Crippen molar-refractivity contribution in [3.8, 4) is 0 Å². The van der Waals surface area contributed by atoms with E-state index >= 15 is 0 Å². The van der Waals surface area contributed by atoms with Crippen LogP contribution in [0.1, 0.15) is 50.2 Å². The Balaban J connectivity index is 1.87. The van der Waals surface area contributed by atoms with Gasteiger partial charge in [0, 0.05) is 19.5 Å². The van der Waals surface area contributed by atoms with Gasteiger partial charge in [0.25, 0.3) is 0 Å². The van der Waals surface area contributed by atoms with Gasteiger partial charge in [0.05, 0.1) is 0 Å². The lowest BCUT2D eigenvalue weighted by Crippen LogP contribution is -1.96. The minimum atomic E-state index is 0.0610. The first-order valence-electron chi connectivity index (χ1n) is 6.62. The summed E-state index contributed by atoms with van der Waals surface area (Å²) in [6.45, 7) is 2.20. The fourth-order valence-electron chi connectivity index (χ4n) is 2.50. The molecule has 0 fully saturated rings. The minimum Gasteiger partial charge on any atom is -0.143 e. The molecule has 1 aliphatic carbocycles. The van der Waals surface area contributed by atoms with Crippen molar-refractivity contribution in [1.29, 1.82) is 0 Å². The highest BCUT2D eigenvalue weighted by molar-refractivity contribution is 7.14. The average molecular weight is 297 g/mol. The average Bonchev–Trinajstić information content (AvgIpc) is 3.04. The fraction of sp³-hybridized carbons (Fsp3) is 0.467. The zero-order chi connectivity index (χ0) is 12.5. The summed E-state index contributed by atoms with van der Waals surface area (Å²) < 4.78 is 0. The van der Waals surface area contributed by atoms with Crippen molar-refractivity contribution in [3.63, 3.8) is 0 Å². The Hall–Kier alpha value is -0.310. The molecule has 0 bridgehead atoms. The van der Waals surface area contributed by atoms with Gasteiger partial charge >= 0.3 is 0 Å². The third-order valence-electron chi connectivity index (χ3n) is 3.55. The number of thiophene rings is 2. The Labute approximate surface area is 122 Å². The van der Waals surface area contributed by atoms with E-state index in [0.717, 1.165) is 6.42 Å². The molecule has 96 valence electrons. The van der Waals surface area contributed by atoms with Gasteiger partial charge in [-0.1, -0.05) is 6.92 Å². The molecule has 0 radical (unpaired) electrons. The van der Waals surface area contributed by atoms with Crippen molar-refractivity contribution in [2.75, 3.05) is 0 Å². The maximum atomic E-state index is 6.64. The van der Waals surface area contributed by atoms with E-state index in [1.54, 1.807) is 10.4 Å². The van der Waals surface area contributed by atoms with E-state index in [2.05, 4.69) is 25.1 Å². The van der Waals surface area contributed by atoms with Crippen LogP contribution in [0.2, 0.25) is 0 Å². The smallest absolute Gasteiger partial charge is 0.102 e. The van der Waals surface area contributed by atoms with Crippen molar-refractivity contribution < 1.29 is 0 Å². The molecule has 2 aromatic heterocycles. The van der Waals surface area contributed by atoms with Crippen molar-refractivity contribution in [2.45, 2.75) is 44.4 Å². The van der Waals surface area contributed by atoms with Crippen molar-refractivity contribution in [2.24, 2.45) is 0 Å². The Morgan fingerprint density at radius 2 is 2.00 bits per heavy atom. The molecule has 18 heavy (non-hydrogen) atoms. The summed E-state index contributed by atoms with van der Waals surface area (Å²) in [6.07, 6.45) is 6.30. The highest BCUT2D eigenvalue weighted by atomic mass is 35.5. The lowest BCUT2D eigenvalue weighted by molar-refractivity contribution is 0.697. The van der Waals surface area contributed by atoms with Crippen LogP contribution in [-0.2, 0) is 19.3 Å². The second kappa shape index (κ2) is 5.36. The molecule has 0 saturated carbocycles. The first-order chi connectivity index (χ1) is 8.78. The van der Waals surface area contributed by atoms with E-state index in [4.69, 9.17) is 11.6 Å². The van der Waals surface area contributed by atoms with Crippen LogP contribution in [0, 0.1) is 0 Å². The molecule has 1 aliphatic rings. The summed E-state index contributed by atoms with van der Waals surface area (Å²) in [6, 6.07) is 6.75. The third-order valence-corrected chi connectivity index (χ3v) is 6.87. The first-order valence-corrected chi connectivity index (χ1v) is 8.69. The zero-order valence-electron chi connectivity index (χ0n) is 10.5. The van der Waals surface area contributed by atoms with Crippen molar-refractivity contribution >= 4 is 34.3 Å². The van der Waals surface area contributed by atoms with E-state index < -0.39 is 0 Å². The van der Waals surface area contributed by atoms with E-state index in [-0.39, 0.29) is 5.38 Å². The van der Waals surface area contributed by atoms with E-state index in [1.165, 1.54) is 40.3 Å². The maximum absolute atomic E-state index is 6.64. The van der Waals surface area contributed by atoms with Crippen molar-refractivity contribution in [3.05, 3.63) is 43.3 Å². The normalized spacial score (nSPS) is 16.6. The summed E-state index contributed by atoms with van der Waals surface area (Å²) in [7, 11) is 0. The van der Waals surface area contributed by atoms with E-state index in [9.17, 15) is 0 Å². The molecule has 0 aliphatic heterocycles. The SMILES string of the molecule is CCc1ccc(C(Cl)c2cc3c(s2)CCCC3)s1. The number of rotatable bonds is 3. The van der Waals surface area contributed by atoms with Gasteiger partial charge in [-0.3, -0.25) is 0 Å². The van der Waals surface area contributed by atoms with Gasteiger partial charge in [0.1, 0.15) is 5.38 Å². The molecular formula is C15H17ClS2. The van der Waals surface area contributed by atoms with Gasteiger partial charge in [-0.25, -0.2) is 0 Å². The van der Waals surface area contributed by atoms with Gasteiger partial charge < -0.3 is 0 Å². The predicted molar refractivity (Wildman–Crippen MR) is 82.4 cm³/mol. The number of hydrogen-bond acceptors (Lipinski definition) is 2. The Bertz CT molecular complexity index is 515. The van der Waals surface area contributed by atoms with Gasteiger partial charge in [0.2, 0.25) is 0 Å². The van der Waals surface area contributed by atoms with Crippen LogP contribution in [-0.4, -0.2) is 0 Å². The topological polar surface area (TPSA) is 0 Å². The Morgan fingerprint density at radius 3 is 2.72 bits per heavy atom. The van der Waals surface area contributed by atoms with Crippen LogP contribution >= 0.6 is 34.3 Å². The summed E-state index contributed by atoms with van der Waals surface area (Å²) in [5.41, 5.74) is 1.55. The number of alkyl halides is 1. The highest BCUT2D eigenvalue weighted by Crippen LogP contribution is 2.40. The van der Waals surface area contributed by atoms with Gasteiger partial charge in [-0.2, -0.15) is 0 Å². The number of aryl methyl sites for hydroxylation is 3. The molecule has 3 rings (SSSR count). The second-order valence-corrected chi connectivity index (χ2v) is 7.63. The zero-order valence-corrected chi connectivity index (χ0v) is 12.9. The van der Waals surface area contributed by atoms with Gasteiger partial charge in [-0.05, 0) is 55.9 Å². The Morgan fingerprint density at radius 1 is 1.17 bits per heavy atom. The fourth-order valence-corrected chi connectivity index (χ4v) is 5.18. The maximum Gasteiger partial charge on any atom is 0.102 e. The summed E-state index contributed by atoms with van der Waals surface area (Å²) in [4.78, 5) is 5.64. The molecule has 0 amide bonds. The van der Waals surface area contributed by atoms with Gasteiger partial charge in [0.15, 0.2) is 0 Å². The van der Waals surface area contributed by atoms with E-state index in [1.807, 2.05) is 22.7 Å². The molecule has 0 N–H and O–H groups in total. The molecule has 1 atom stereocenters. The standard InChI is InChI=1S/C15H17ClS2/c1-2-11-7-8-13(17-11)15(16)14-9-10-5-3-4-6-12(10)18-14/h7-9,15H,2-6H2,1H3. The van der Waals surface area contributed by atoms with Crippen LogP contribution in [0.5, 0.6) is 0 Å². The van der Waals surface area contributed by atoms with E-state index in [0.29, 0.717) is 0 Å². The van der Waals surface area contributed by atoms with Crippen LogP contribution in [0.4, 0.5) is 0 Å². The number of hydrogen-bond donors (Lipinski definition) is 0.